The highest BCUT2D eigenvalue weighted by Gasteiger charge is 2.42. The molecule has 0 unspecified atom stereocenters. The molecule has 1 aliphatic heterocycles. The molecule has 0 aliphatic carbocycles. The summed E-state index contributed by atoms with van der Waals surface area (Å²) in [6, 6.07) is 10.5. The van der Waals surface area contributed by atoms with E-state index in [0.717, 1.165) is 19.3 Å². The van der Waals surface area contributed by atoms with Crippen molar-refractivity contribution in [1.82, 2.24) is 4.90 Å². The SMILES string of the molecule is CC(C)[Si](C#CC[C@H]1CC[C@@H](c2ccccc2)N1C(=O)OC(C)(C)C)(C(C)C)C(C)C. The molecular formula is C27H43NO2Si. The Morgan fingerprint density at radius 1 is 1.03 bits per heavy atom. The standard InChI is InChI=1S/C27H43NO2Si/c1-20(2)31(21(3)4,22(5)6)19-13-16-24-17-18-25(23-14-11-10-12-15-23)28(24)26(29)30-27(7,8)9/h10-12,14-15,20-22,24-25H,16-18H2,1-9H3/t24-,25-/m0/s1. The molecular weight excluding hydrogens is 398 g/mol. The molecule has 0 spiro atoms. The Morgan fingerprint density at radius 3 is 2.06 bits per heavy atom. The summed E-state index contributed by atoms with van der Waals surface area (Å²) in [7, 11) is -1.76. The molecule has 1 aromatic rings. The monoisotopic (exact) mass is 441 g/mol. The van der Waals surface area contributed by atoms with E-state index in [9.17, 15) is 4.79 Å². The first-order chi connectivity index (χ1) is 14.4. The number of nitrogens with zero attached hydrogens (tertiary/aromatic N) is 1. The molecule has 1 aromatic carbocycles. The van der Waals surface area contributed by atoms with Crippen molar-refractivity contribution in [2.45, 2.75) is 116 Å². The Labute approximate surface area is 192 Å². The van der Waals surface area contributed by atoms with Gasteiger partial charge >= 0.3 is 6.09 Å². The van der Waals surface area contributed by atoms with Crippen molar-refractivity contribution in [3.8, 4) is 11.5 Å². The molecule has 1 saturated heterocycles. The molecule has 0 radical (unpaired) electrons. The molecule has 3 nitrogen and oxygen atoms in total. The van der Waals surface area contributed by atoms with Crippen LogP contribution in [-0.4, -0.2) is 30.7 Å². The maximum absolute atomic E-state index is 13.2. The van der Waals surface area contributed by atoms with Gasteiger partial charge in [-0.1, -0.05) is 71.9 Å². The van der Waals surface area contributed by atoms with Crippen LogP contribution in [0.25, 0.3) is 0 Å². The number of carbonyl (C=O) groups excluding carboxylic acids is 1. The molecule has 0 N–H and O–H groups in total. The van der Waals surface area contributed by atoms with E-state index < -0.39 is 13.7 Å². The van der Waals surface area contributed by atoms with E-state index in [1.165, 1.54) is 5.56 Å². The van der Waals surface area contributed by atoms with Crippen molar-refractivity contribution in [1.29, 1.82) is 0 Å². The molecule has 0 saturated carbocycles. The van der Waals surface area contributed by atoms with Crippen LogP contribution < -0.4 is 0 Å². The van der Waals surface area contributed by atoms with Crippen LogP contribution in [0.3, 0.4) is 0 Å². The van der Waals surface area contributed by atoms with Crippen molar-refractivity contribution >= 4 is 14.2 Å². The van der Waals surface area contributed by atoms with Crippen LogP contribution in [0.2, 0.25) is 16.6 Å². The van der Waals surface area contributed by atoms with Gasteiger partial charge in [-0.2, -0.15) is 0 Å². The minimum Gasteiger partial charge on any atom is -0.444 e. The number of hydrogen-bond acceptors (Lipinski definition) is 2. The topological polar surface area (TPSA) is 29.5 Å². The molecule has 172 valence electrons. The van der Waals surface area contributed by atoms with Crippen molar-refractivity contribution in [3.63, 3.8) is 0 Å². The van der Waals surface area contributed by atoms with Gasteiger partial charge in [-0.15, -0.1) is 11.5 Å². The largest absolute Gasteiger partial charge is 0.444 e. The van der Waals surface area contributed by atoms with E-state index in [0.29, 0.717) is 16.6 Å². The fraction of sp³-hybridized carbons (Fsp3) is 0.667. The van der Waals surface area contributed by atoms with Gasteiger partial charge in [-0.25, -0.2) is 4.79 Å². The summed E-state index contributed by atoms with van der Waals surface area (Å²) < 4.78 is 5.81. The van der Waals surface area contributed by atoms with Crippen LogP contribution in [-0.2, 0) is 4.74 Å². The van der Waals surface area contributed by atoms with Gasteiger partial charge in [0.1, 0.15) is 13.7 Å². The van der Waals surface area contributed by atoms with Gasteiger partial charge in [-0.3, -0.25) is 4.90 Å². The minimum atomic E-state index is -1.76. The summed E-state index contributed by atoms with van der Waals surface area (Å²) in [5.74, 6) is 3.59. The van der Waals surface area contributed by atoms with Crippen LogP contribution in [0, 0.1) is 11.5 Å². The molecule has 1 aliphatic rings. The van der Waals surface area contributed by atoms with Crippen LogP contribution >= 0.6 is 0 Å². The summed E-state index contributed by atoms with van der Waals surface area (Å²) in [5.41, 5.74) is 6.34. The lowest BCUT2D eigenvalue weighted by Gasteiger charge is -2.38. The lowest BCUT2D eigenvalue weighted by Crippen LogP contribution is -2.43. The second-order valence-corrected chi connectivity index (χ2v) is 16.5. The summed E-state index contributed by atoms with van der Waals surface area (Å²) in [4.78, 5) is 15.2. The lowest BCUT2D eigenvalue weighted by molar-refractivity contribution is 0.0147. The van der Waals surface area contributed by atoms with Crippen molar-refractivity contribution < 1.29 is 9.53 Å². The Kier molecular flexibility index (Phi) is 8.45. The van der Waals surface area contributed by atoms with E-state index in [1.807, 2.05) is 43.9 Å². The van der Waals surface area contributed by atoms with Gasteiger partial charge < -0.3 is 4.74 Å². The quantitative estimate of drug-likeness (QED) is 0.345. The third-order valence-corrected chi connectivity index (χ3v) is 13.1. The zero-order valence-electron chi connectivity index (χ0n) is 21.2. The van der Waals surface area contributed by atoms with Crippen molar-refractivity contribution in [2.24, 2.45) is 0 Å². The number of ether oxygens (including phenoxy) is 1. The molecule has 1 amide bonds. The average Bonchev–Trinajstić information content (AvgIpc) is 3.07. The van der Waals surface area contributed by atoms with Crippen LogP contribution in [0.15, 0.2) is 30.3 Å². The summed E-state index contributed by atoms with van der Waals surface area (Å²) >= 11 is 0. The first-order valence-electron chi connectivity index (χ1n) is 12.0. The van der Waals surface area contributed by atoms with Crippen LogP contribution in [0.4, 0.5) is 4.79 Å². The zero-order valence-corrected chi connectivity index (χ0v) is 22.2. The maximum Gasteiger partial charge on any atom is 0.411 e. The van der Waals surface area contributed by atoms with Gasteiger partial charge in [0.2, 0.25) is 0 Å². The van der Waals surface area contributed by atoms with Gasteiger partial charge in [-0.05, 0) is 55.8 Å². The number of rotatable bonds is 5. The number of amides is 1. The van der Waals surface area contributed by atoms with Gasteiger partial charge in [0.15, 0.2) is 0 Å². The predicted molar refractivity (Wildman–Crippen MR) is 134 cm³/mol. The van der Waals surface area contributed by atoms with Crippen molar-refractivity contribution in [2.75, 3.05) is 0 Å². The van der Waals surface area contributed by atoms with Gasteiger partial charge in [0, 0.05) is 12.5 Å². The second kappa shape index (κ2) is 10.3. The minimum absolute atomic E-state index is 0.0603. The smallest absolute Gasteiger partial charge is 0.411 e. The normalized spacial score (nSPS) is 19.7. The summed E-state index contributed by atoms with van der Waals surface area (Å²) in [6.45, 7) is 19.8. The maximum atomic E-state index is 13.2. The molecule has 0 aromatic heterocycles. The number of hydrogen-bond donors (Lipinski definition) is 0. The predicted octanol–water partition coefficient (Wildman–Crippen LogP) is 7.74. The highest BCUT2D eigenvalue weighted by molar-refractivity contribution is 6.90. The van der Waals surface area contributed by atoms with Crippen molar-refractivity contribution in [3.05, 3.63) is 35.9 Å². The fourth-order valence-corrected chi connectivity index (χ4v) is 10.7. The third kappa shape index (κ3) is 5.95. The average molecular weight is 442 g/mol. The van der Waals surface area contributed by atoms with Gasteiger partial charge in [0.05, 0.1) is 6.04 Å². The molecule has 4 heteroatoms. The highest BCUT2D eigenvalue weighted by atomic mass is 28.3. The molecule has 31 heavy (non-hydrogen) atoms. The number of likely N-dealkylation sites (tertiary alicyclic amines) is 1. The Bertz CT molecular complexity index is 761. The molecule has 1 heterocycles. The molecule has 0 bridgehead atoms. The Morgan fingerprint density at radius 2 is 1.58 bits per heavy atom. The second-order valence-electron chi connectivity index (χ2n) is 10.9. The summed E-state index contributed by atoms with van der Waals surface area (Å²) in [6.07, 6.45) is 2.43. The van der Waals surface area contributed by atoms with E-state index >= 15 is 0 Å². The zero-order chi connectivity index (χ0) is 23.4. The first kappa shape index (κ1) is 25.5. The number of benzene rings is 1. The Balaban J connectivity index is 2.32. The Hall–Kier alpha value is -1.73. The van der Waals surface area contributed by atoms with E-state index in [-0.39, 0.29) is 18.2 Å². The highest BCUT2D eigenvalue weighted by Crippen LogP contribution is 2.41. The molecule has 2 rings (SSSR count). The van der Waals surface area contributed by atoms with Gasteiger partial charge in [0.25, 0.3) is 0 Å². The fourth-order valence-electron chi connectivity index (χ4n) is 5.43. The molecule has 2 atom stereocenters. The van der Waals surface area contributed by atoms with E-state index in [2.05, 4.69) is 65.1 Å². The molecule has 1 fully saturated rings. The van der Waals surface area contributed by atoms with Crippen LogP contribution in [0.5, 0.6) is 0 Å². The van der Waals surface area contributed by atoms with Crippen LogP contribution in [0.1, 0.15) is 93.2 Å². The lowest BCUT2D eigenvalue weighted by atomic mass is 10.1. The van der Waals surface area contributed by atoms with E-state index in [1.54, 1.807) is 0 Å². The summed E-state index contributed by atoms with van der Waals surface area (Å²) in [5, 5.41) is 0. The van der Waals surface area contributed by atoms with E-state index in [4.69, 9.17) is 4.74 Å². The third-order valence-electron chi connectivity index (χ3n) is 6.80. The number of carbonyl (C=O) groups is 1. The first-order valence-corrected chi connectivity index (χ1v) is 14.2.